The van der Waals surface area contributed by atoms with Crippen LogP contribution in [0, 0.1) is 12.8 Å². The summed E-state index contributed by atoms with van der Waals surface area (Å²) in [6.07, 6.45) is 2.02. The maximum Gasteiger partial charge on any atom is 0.308 e. The molecule has 1 atom stereocenters. The van der Waals surface area contributed by atoms with Gasteiger partial charge in [-0.15, -0.1) is 11.3 Å². The number of carboxylic acids is 1. The highest BCUT2D eigenvalue weighted by Gasteiger charge is 2.15. The van der Waals surface area contributed by atoms with Gasteiger partial charge in [0.25, 0.3) is 5.91 Å². The molecule has 0 aliphatic heterocycles. The number of carbonyl (C=O) groups is 2. The number of rotatable bonds is 6. The number of thiophene rings is 1. The van der Waals surface area contributed by atoms with Crippen molar-refractivity contribution < 1.29 is 14.7 Å². The average molecular weight is 269 g/mol. The fourth-order valence-electron chi connectivity index (χ4n) is 1.57. The van der Waals surface area contributed by atoms with Gasteiger partial charge in [0.15, 0.2) is 0 Å². The monoisotopic (exact) mass is 269 g/mol. The summed E-state index contributed by atoms with van der Waals surface area (Å²) in [4.78, 5) is 24.3. The molecule has 1 aromatic heterocycles. The van der Waals surface area contributed by atoms with Gasteiger partial charge >= 0.3 is 5.97 Å². The molecule has 0 radical (unpaired) electrons. The maximum atomic E-state index is 11.8. The lowest BCUT2D eigenvalue weighted by atomic mass is 10.1. The second-order valence-electron chi connectivity index (χ2n) is 4.39. The molecule has 4 nitrogen and oxygen atoms in total. The van der Waals surface area contributed by atoms with Crippen LogP contribution in [0.3, 0.4) is 0 Å². The van der Waals surface area contributed by atoms with E-state index in [-0.39, 0.29) is 12.5 Å². The van der Waals surface area contributed by atoms with E-state index in [1.807, 2.05) is 13.0 Å². The number of aryl methyl sites for hydroxylation is 2. The number of carbonyl (C=O) groups excluding carboxylic acids is 1. The molecule has 0 aliphatic rings. The molecule has 1 unspecified atom stereocenters. The second-order valence-corrected chi connectivity index (χ2v) is 5.65. The Bertz CT molecular complexity index is 439. The molecule has 18 heavy (non-hydrogen) atoms. The summed E-state index contributed by atoms with van der Waals surface area (Å²) in [5, 5.41) is 11.4. The minimum atomic E-state index is -0.899. The van der Waals surface area contributed by atoms with Crippen LogP contribution in [-0.2, 0) is 11.2 Å². The van der Waals surface area contributed by atoms with Gasteiger partial charge in [-0.1, -0.05) is 20.3 Å². The first-order chi connectivity index (χ1) is 8.45. The van der Waals surface area contributed by atoms with E-state index in [0.717, 1.165) is 17.7 Å². The predicted molar refractivity (Wildman–Crippen MR) is 72.2 cm³/mol. The standard InChI is InChI=1S/C13H19NO3S/c1-4-5-10-6-11(18-9(10)3)12(15)14-7-8(2)13(16)17/h6,8H,4-5,7H2,1-3H3,(H,14,15)(H,16,17). The van der Waals surface area contributed by atoms with Crippen molar-refractivity contribution in [3.05, 3.63) is 21.4 Å². The minimum absolute atomic E-state index is 0.161. The van der Waals surface area contributed by atoms with Crippen molar-refractivity contribution >= 4 is 23.2 Å². The molecule has 0 aliphatic carbocycles. The van der Waals surface area contributed by atoms with E-state index in [1.165, 1.54) is 16.9 Å². The van der Waals surface area contributed by atoms with Crippen LogP contribution in [0.5, 0.6) is 0 Å². The van der Waals surface area contributed by atoms with Crippen molar-refractivity contribution in [1.82, 2.24) is 5.32 Å². The highest BCUT2D eigenvalue weighted by molar-refractivity contribution is 7.14. The summed E-state index contributed by atoms with van der Waals surface area (Å²) in [5.41, 5.74) is 1.21. The summed E-state index contributed by atoms with van der Waals surface area (Å²) in [6.45, 7) is 5.84. The van der Waals surface area contributed by atoms with Crippen molar-refractivity contribution in [2.75, 3.05) is 6.54 Å². The number of nitrogens with one attached hydrogen (secondary N) is 1. The van der Waals surface area contributed by atoms with E-state index < -0.39 is 11.9 Å². The fraction of sp³-hybridized carbons (Fsp3) is 0.538. The first-order valence-corrected chi connectivity index (χ1v) is 6.87. The number of amides is 1. The maximum absolute atomic E-state index is 11.8. The highest BCUT2D eigenvalue weighted by atomic mass is 32.1. The molecule has 0 spiro atoms. The lowest BCUT2D eigenvalue weighted by molar-refractivity contribution is -0.140. The molecular formula is C13H19NO3S. The molecule has 1 aromatic rings. The first kappa shape index (κ1) is 14.7. The summed E-state index contributed by atoms with van der Waals surface area (Å²) < 4.78 is 0. The van der Waals surface area contributed by atoms with E-state index in [0.29, 0.717) is 4.88 Å². The molecule has 1 amide bonds. The Morgan fingerprint density at radius 2 is 2.17 bits per heavy atom. The van der Waals surface area contributed by atoms with E-state index in [4.69, 9.17) is 5.11 Å². The zero-order valence-electron chi connectivity index (χ0n) is 10.9. The molecule has 0 bridgehead atoms. The molecule has 0 saturated carbocycles. The number of aliphatic carboxylic acids is 1. The summed E-state index contributed by atoms with van der Waals surface area (Å²) >= 11 is 1.46. The van der Waals surface area contributed by atoms with Crippen LogP contribution in [0.4, 0.5) is 0 Å². The molecular weight excluding hydrogens is 250 g/mol. The Kier molecular flexibility index (Phi) is 5.34. The van der Waals surface area contributed by atoms with Crippen LogP contribution in [0.25, 0.3) is 0 Å². The third-order valence-corrected chi connectivity index (χ3v) is 3.85. The Balaban J connectivity index is 2.61. The Labute approximate surface area is 111 Å². The van der Waals surface area contributed by atoms with Crippen LogP contribution in [-0.4, -0.2) is 23.5 Å². The summed E-state index contributed by atoms with van der Waals surface area (Å²) in [6, 6.07) is 1.91. The summed E-state index contributed by atoms with van der Waals surface area (Å²) in [5.74, 6) is -1.65. The third kappa shape index (κ3) is 3.84. The smallest absolute Gasteiger partial charge is 0.308 e. The molecule has 1 rings (SSSR count). The Morgan fingerprint density at radius 1 is 1.50 bits per heavy atom. The van der Waals surface area contributed by atoms with E-state index in [2.05, 4.69) is 12.2 Å². The number of hydrogen-bond acceptors (Lipinski definition) is 3. The molecule has 100 valence electrons. The van der Waals surface area contributed by atoms with Crippen LogP contribution in [0.15, 0.2) is 6.07 Å². The van der Waals surface area contributed by atoms with Crippen molar-refractivity contribution in [2.45, 2.75) is 33.6 Å². The highest BCUT2D eigenvalue weighted by Crippen LogP contribution is 2.22. The lowest BCUT2D eigenvalue weighted by Crippen LogP contribution is -2.30. The number of carboxylic acid groups (broad SMARTS) is 1. The van der Waals surface area contributed by atoms with Crippen molar-refractivity contribution in [1.29, 1.82) is 0 Å². The van der Waals surface area contributed by atoms with Gasteiger partial charge in [0.05, 0.1) is 10.8 Å². The van der Waals surface area contributed by atoms with E-state index >= 15 is 0 Å². The first-order valence-electron chi connectivity index (χ1n) is 6.06. The van der Waals surface area contributed by atoms with Gasteiger partial charge in [-0.05, 0) is 25.0 Å². The summed E-state index contributed by atoms with van der Waals surface area (Å²) in [7, 11) is 0. The van der Waals surface area contributed by atoms with E-state index in [9.17, 15) is 9.59 Å². The van der Waals surface area contributed by atoms with Gasteiger partial charge < -0.3 is 10.4 Å². The van der Waals surface area contributed by atoms with E-state index in [1.54, 1.807) is 6.92 Å². The third-order valence-electron chi connectivity index (χ3n) is 2.75. The molecule has 1 heterocycles. The lowest BCUT2D eigenvalue weighted by Gasteiger charge is -2.06. The van der Waals surface area contributed by atoms with Gasteiger partial charge in [-0.3, -0.25) is 9.59 Å². The van der Waals surface area contributed by atoms with Gasteiger partial charge in [0, 0.05) is 11.4 Å². The number of hydrogen-bond donors (Lipinski definition) is 2. The fourth-order valence-corrected chi connectivity index (χ4v) is 2.56. The SMILES string of the molecule is CCCc1cc(C(=O)NCC(C)C(=O)O)sc1C. The Hall–Kier alpha value is -1.36. The van der Waals surface area contributed by atoms with Gasteiger partial charge in [-0.25, -0.2) is 0 Å². The zero-order valence-corrected chi connectivity index (χ0v) is 11.8. The zero-order chi connectivity index (χ0) is 13.7. The van der Waals surface area contributed by atoms with Crippen LogP contribution in [0.1, 0.15) is 40.4 Å². The van der Waals surface area contributed by atoms with Crippen molar-refractivity contribution in [3.63, 3.8) is 0 Å². The van der Waals surface area contributed by atoms with Gasteiger partial charge in [0.1, 0.15) is 0 Å². The quantitative estimate of drug-likeness (QED) is 0.833. The van der Waals surface area contributed by atoms with Crippen molar-refractivity contribution in [3.8, 4) is 0 Å². The normalized spacial score (nSPS) is 12.2. The minimum Gasteiger partial charge on any atom is -0.481 e. The molecule has 0 aromatic carbocycles. The van der Waals surface area contributed by atoms with Crippen LogP contribution < -0.4 is 5.32 Å². The van der Waals surface area contributed by atoms with Gasteiger partial charge in [-0.2, -0.15) is 0 Å². The topological polar surface area (TPSA) is 66.4 Å². The van der Waals surface area contributed by atoms with Crippen LogP contribution >= 0.6 is 11.3 Å². The molecule has 0 fully saturated rings. The average Bonchev–Trinajstić information content (AvgIpc) is 2.68. The van der Waals surface area contributed by atoms with Crippen LogP contribution in [0.2, 0.25) is 0 Å². The largest absolute Gasteiger partial charge is 0.481 e. The Morgan fingerprint density at radius 3 is 2.72 bits per heavy atom. The van der Waals surface area contributed by atoms with Crippen molar-refractivity contribution in [2.24, 2.45) is 5.92 Å². The second kappa shape index (κ2) is 6.54. The predicted octanol–water partition coefficient (Wildman–Crippen LogP) is 2.46. The molecule has 2 N–H and O–H groups in total. The molecule has 0 saturated heterocycles. The van der Waals surface area contributed by atoms with Gasteiger partial charge in [0.2, 0.25) is 0 Å². The molecule has 5 heteroatoms.